The van der Waals surface area contributed by atoms with Crippen molar-refractivity contribution < 1.29 is 93.1 Å². The third-order valence-electron chi connectivity index (χ3n) is 13.5. The monoisotopic (exact) mass is 945 g/mol. The zero-order valence-electron chi connectivity index (χ0n) is 33.9. The summed E-state index contributed by atoms with van der Waals surface area (Å²) in [6.07, 6.45) is 7.36. The molecule has 0 heterocycles. The first-order valence-corrected chi connectivity index (χ1v) is 19.7. The molecule has 0 amide bonds. The Labute approximate surface area is 352 Å². The summed E-state index contributed by atoms with van der Waals surface area (Å²) in [7, 11) is 0. The van der Waals surface area contributed by atoms with Crippen LogP contribution in [0.5, 0.6) is 0 Å². The molecule has 2 unspecified atom stereocenters. The second-order valence-electron chi connectivity index (χ2n) is 17.0. The van der Waals surface area contributed by atoms with E-state index in [9.17, 15) is 52.7 Å². The summed E-state index contributed by atoms with van der Waals surface area (Å²) in [5.74, 6) is -71.4. The van der Waals surface area contributed by atoms with E-state index in [1.165, 1.54) is 64.2 Å². The average molecular weight is 946 g/mol. The summed E-state index contributed by atoms with van der Waals surface area (Å²) in [5, 5.41) is 2.73. The van der Waals surface area contributed by atoms with Gasteiger partial charge >= 0.3 is 0 Å². The molecule has 4 aromatic rings. The summed E-state index contributed by atoms with van der Waals surface area (Å²) in [4.78, 5) is 0. The zero-order chi connectivity index (χ0) is 48.3. The Hall–Kier alpha value is -4.50. The van der Waals surface area contributed by atoms with Gasteiger partial charge in [0.25, 0.3) is 0 Å². The van der Waals surface area contributed by atoms with E-state index in [1.807, 2.05) is 0 Å². The summed E-state index contributed by atoms with van der Waals surface area (Å²) >= 11 is 0. The minimum Gasteiger partial charge on any atom is -0.341 e. The minimum atomic E-state index is -7.22. The van der Waals surface area contributed by atoms with Crippen LogP contribution in [0.3, 0.4) is 0 Å². The van der Waals surface area contributed by atoms with Gasteiger partial charge in [-0.15, -0.1) is 21.9 Å². The molecule has 2 saturated carbocycles. The SMILES string of the molecule is CC([NH2+]C(C)C1(C)CCCCC1)C1(C)CCCCC1.Fc1c(F)c(F)c([B-](c2c(F)c(F)c(F)c(F)c2F)(c2c(F)c(F)c(F)c(F)c2F)c2c(F)c(F)c(F)c(F)c2F)c(F)c1F. The van der Waals surface area contributed by atoms with Gasteiger partial charge in [0.15, 0.2) is 69.8 Å². The molecule has 352 valence electrons. The van der Waals surface area contributed by atoms with Crippen molar-refractivity contribution in [3.05, 3.63) is 116 Å². The lowest BCUT2D eigenvalue weighted by Gasteiger charge is -2.44. The number of rotatable bonds is 8. The fourth-order valence-corrected chi connectivity index (χ4v) is 9.40. The molecular weight excluding hydrogens is 909 g/mol. The van der Waals surface area contributed by atoms with Gasteiger partial charge in [0.2, 0.25) is 0 Å². The highest BCUT2D eigenvalue weighted by molar-refractivity contribution is 7.20. The second-order valence-corrected chi connectivity index (χ2v) is 17.0. The van der Waals surface area contributed by atoms with Crippen LogP contribution in [0.2, 0.25) is 0 Å². The second kappa shape index (κ2) is 18.4. The molecule has 2 atom stereocenters. The molecule has 4 aromatic carbocycles. The van der Waals surface area contributed by atoms with E-state index in [0.717, 1.165) is 12.1 Å². The molecular formula is C42H36BF20N. The number of nitrogens with two attached hydrogens (primary N) is 1. The normalized spacial score (nSPS) is 17.2. The van der Waals surface area contributed by atoms with Gasteiger partial charge in [0, 0.05) is 10.8 Å². The van der Waals surface area contributed by atoms with Crippen molar-refractivity contribution in [2.75, 3.05) is 0 Å². The molecule has 2 fully saturated rings. The summed E-state index contributed by atoms with van der Waals surface area (Å²) < 4.78 is 294. The first kappa shape index (κ1) is 50.5. The van der Waals surface area contributed by atoms with Crippen LogP contribution in [0.4, 0.5) is 87.8 Å². The molecule has 0 saturated heterocycles. The van der Waals surface area contributed by atoms with Gasteiger partial charge in [-0.25, -0.2) is 87.8 Å². The molecule has 0 aliphatic heterocycles. The lowest BCUT2D eigenvalue weighted by atomic mass is 9.12. The largest absolute Gasteiger partial charge is 0.341 e. The molecule has 0 bridgehead atoms. The van der Waals surface area contributed by atoms with Gasteiger partial charge in [0.05, 0.1) is 12.1 Å². The quantitative estimate of drug-likeness (QED) is 0.0785. The fraction of sp³-hybridized carbons (Fsp3) is 0.429. The topological polar surface area (TPSA) is 16.6 Å². The van der Waals surface area contributed by atoms with Crippen LogP contribution in [-0.2, 0) is 0 Å². The van der Waals surface area contributed by atoms with Gasteiger partial charge in [-0.05, 0) is 39.5 Å². The van der Waals surface area contributed by atoms with Gasteiger partial charge in [0.1, 0.15) is 52.7 Å². The Morgan fingerprint density at radius 3 is 0.625 bits per heavy atom. The van der Waals surface area contributed by atoms with Crippen molar-refractivity contribution in [2.24, 2.45) is 10.8 Å². The highest BCUT2D eigenvalue weighted by Crippen LogP contribution is 2.40. The van der Waals surface area contributed by atoms with Crippen molar-refractivity contribution in [1.29, 1.82) is 0 Å². The zero-order valence-corrected chi connectivity index (χ0v) is 33.9. The maximum Gasteiger partial charge on any atom is 0.200 e. The minimum absolute atomic E-state index is 0.595. The first-order valence-electron chi connectivity index (χ1n) is 19.7. The van der Waals surface area contributed by atoms with Gasteiger partial charge in [-0.3, -0.25) is 0 Å². The van der Waals surface area contributed by atoms with Crippen molar-refractivity contribution in [2.45, 2.75) is 104 Å². The number of quaternary nitrogens is 1. The molecule has 0 aromatic heterocycles. The summed E-state index contributed by atoms with van der Waals surface area (Å²) in [5.41, 5.74) is -13.1. The summed E-state index contributed by atoms with van der Waals surface area (Å²) in [6, 6.07) is 1.59. The van der Waals surface area contributed by atoms with Crippen LogP contribution in [0, 0.1) is 127 Å². The Kier molecular flexibility index (Phi) is 14.5. The van der Waals surface area contributed by atoms with Crippen LogP contribution < -0.4 is 27.2 Å². The van der Waals surface area contributed by atoms with E-state index in [1.54, 1.807) is 0 Å². The van der Waals surface area contributed by atoms with E-state index >= 15 is 35.1 Å². The molecule has 2 aliphatic rings. The van der Waals surface area contributed by atoms with Crippen LogP contribution in [-0.4, -0.2) is 18.2 Å². The predicted octanol–water partition coefficient (Wildman–Crippen LogP) is 10.1. The molecule has 2 aliphatic carbocycles. The maximum atomic E-state index is 15.4. The van der Waals surface area contributed by atoms with Gasteiger partial charge < -0.3 is 5.32 Å². The van der Waals surface area contributed by atoms with Gasteiger partial charge in [-0.2, -0.15) is 0 Å². The van der Waals surface area contributed by atoms with E-state index in [0.29, 0.717) is 10.8 Å². The molecule has 0 radical (unpaired) electrons. The van der Waals surface area contributed by atoms with E-state index < -0.39 is 144 Å². The highest BCUT2D eigenvalue weighted by atomic mass is 19.2. The van der Waals surface area contributed by atoms with E-state index in [2.05, 4.69) is 33.0 Å². The predicted molar refractivity (Wildman–Crippen MR) is 192 cm³/mol. The number of hydrogen-bond donors (Lipinski definition) is 1. The third kappa shape index (κ3) is 8.00. The van der Waals surface area contributed by atoms with Crippen LogP contribution in [0.25, 0.3) is 0 Å². The molecule has 22 heteroatoms. The summed E-state index contributed by atoms with van der Waals surface area (Å²) in [6.45, 7) is 10.1. The van der Waals surface area contributed by atoms with Crippen molar-refractivity contribution in [3.63, 3.8) is 0 Å². The number of halogens is 20. The average Bonchev–Trinajstić information content (AvgIpc) is 3.27. The molecule has 6 rings (SSSR count). The fourth-order valence-electron chi connectivity index (χ4n) is 9.40. The smallest absolute Gasteiger partial charge is 0.200 e. The Morgan fingerprint density at radius 1 is 0.297 bits per heavy atom. The molecule has 2 N–H and O–H groups in total. The van der Waals surface area contributed by atoms with Crippen molar-refractivity contribution >= 4 is 28.0 Å². The molecule has 0 spiro atoms. The lowest BCUT2D eigenvalue weighted by molar-refractivity contribution is -0.740. The Morgan fingerprint density at radius 2 is 0.453 bits per heavy atom. The number of benzene rings is 4. The van der Waals surface area contributed by atoms with Gasteiger partial charge in [-0.1, -0.05) is 52.4 Å². The van der Waals surface area contributed by atoms with Crippen LogP contribution >= 0.6 is 0 Å². The van der Waals surface area contributed by atoms with Crippen molar-refractivity contribution in [3.8, 4) is 0 Å². The van der Waals surface area contributed by atoms with Crippen LogP contribution in [0.15, 0.2) is 0 Å². The van der Waals surface area contributed by atoms with E-state index in [4.69, 9.17) is 0 Å². The standard InChI is InChI=1S/C24BF20.C18H35N/c26-5-1(6(27)14(35)21(42)13(5)34)25(2-7(28)15(36)22(43)16(37)8(2)29,3-9(30)17(38)23(44)18(39)10(3)31)4-11(32)19(40)24(45)20(41)12(4)33;1-15(17(3)11-7-5-8-12-17)19-16(2)18(4)13-9-6-10-14-18/h;15-16,19H,5-14H2,1-4H3/q-1;/p+1. The maximum absolute atomic E-state index is 15.4. The number of hydrogen-bond acceptors (Lipinski definition) is 0. The van der Waals surface area contributed by atoms with E-state index in [-0.39, 0.29) is 0 Å². The van der Waals surface area contributed by atoms with Crippen LogP contribution in [0.1, 0.15) is 91.9 Å². The lowest BCUT2D eigenvalue weighted by Crippen LogP contribution is -2.98. The first-order chi connectivity index (χ1) is 29.7. The van der Waals surface area contributed by atoms with Crippen molar-refractivity contribution in [1.82, 2.24) is 0 Å². The Bertz CT molecular complexity index is 2050. The highest BCUT2D eigenvalue weighted by Gasteiger charge is 2.52. The Balaban J connectivity index is 0.000000337. The molecule has 64 heavy (non-hydrogen) atoms. The third-order valence-corrected chi connectivity index (χ3v) is 13.5. The molecule has 1 nitrogen and oxygen atoms in total.